The Morgan fingerprint density at radius 1 is 1.00 bits per heavy atom. The van der Waals surface area contributed by atoms with Crippen molar-refractivity contribution in [3.8, 4) is 0 Å². The third-order valence-electron chi connectivity index (χ3n) is 3.24. The van der Waals surface area contributed by atoms with E-state index in [1.54, 1.807) is 6.07 Å². The van der Waals surface area contributed by atoms with Crippen LogP contribution in [0.4, 0.5) is 0 Å². The van der Waals surface area contributed by atoms with Gasteiger partial charge in [-0.05, 0) is 40.4 Å². The Morgan fingerprint density at radius 3 is 2.45 bits per heavy atom. The maximum absolute atomic E-state index is 9.57. The van der Waals surface area contributed by atoms with Gasteiger partial charge in [0, 0.05) is 0 Å². The second kappa shape index (κ2) is 5.62. The second-order valence-corrected chi connectivity index (χ2v) is 5.44. The van der Waals surface area contributed by atoms with Gasteiger partial charge in [-0.1, -0.05) is 53.6 Å². The molecule has 1 heterocycles. The van der Waals surface area contributed by atoms with E-state index in [9.17, 15) is 5.02 Å². The maximum Gasteiger partial charge on any atom is 0.491 e. The smallest absolute Gasteiger partial charge is 0.423 e. The summed E-state index contributed by atoms with van der Waals surface area (Å²) in [6.45, 7) is 0.449. The first kappa shape index (κ1) is 13.7. The maximum atomic E-state index is 9.57. The van der Waals surface area contributed by atoms with E-state index in [4.69, 9.17) is 27.9 Å². The third-order valence-corrected chi connectivity index (χ3v) is 3.98. The summed E-state index contributed by atoms with van der Waals surface area (Å²) in [6, 6.07) is 11.4. The highest BCUT2D eigenvalue weighted by molar-refractivity contribution is 6.61. The van der Waals surface area contributed by atoms with E-state index < -0.39 is 7.12 Å². The molecule has 2 aromatic rings. The van der Waals surface area contributed by atoms with Crippen LogP contribution in [0.1, 0.15) is 16.7 Å². The third kappa shape index (κ3) is 2.77. The van der Waals surface area contributed by atoms with E-state index in [-0.39, 0.29) is 0 Å². The molecule has 0 aliphatic carbocycles. The van der Waals surface area contributed by atoms with Crippen LogP contribution in [0.5, 0.6) is 0 Å². The van der Waals surface area contributed by atoms with Crippen LogP contribution in [0.3, 0.4) is 0 Å². The average molecular weight is 305 g/mol. The van der Waals surface area contributed by atoms with E-state index in [0.717, 1.165) is 22.2 Å². The van der Waals surface area contributed by atoms with Gasteiger partial charge >= 0.3 is 7.12 Å². The molecule has 3 rings (SSSR count). The second-order valence-electron chi connectivity index (χ2n) is 4.63. The van der Waals surface area contributed by atoms with Crippen molar-refractivity contribution < 1.29 is 9.68 Å². The van der Waals surface area contributed by atoms with E-state index in [1.165, 1.54) is 0 Å². The molecule has 20 heavy (non-hydrogen) atoms. The Kier molecular flexibility index (Phi) is 3.86. The van der Waals surface area contributed by atoms with Crippen molar-refractivity contribution in [1.82, 2.24) is 0 Å². The van der Waals surface area contributed by atoms with E-state index in [2.05, 4.69) is 0 Å². The number of hydrogen-bond acceptors (Lipinski definition) is 2. The molecule has 2 aromatic carbocycles. The summed E-state index contributed by atoms with van der Waals surface area (Å²) in [4.78, 5) is 0. The van der Waals surface area contributed by atoms with Crippen LogP contribution in [0.25, 0.3) is 12.2 Å². The quantitative estimate of drug-likeness (QED) is 0.681. The Balaban J connectivity index is 1.84. The van der Waals surface area contributed by atoms with Crippen LogP contribution in [-0.4, -0.2) is 12.1 Å². The zero-order valence-electron chi connectivity index (χ0n) is 10.5. The molecule has 0 saturated carbocycles. The molecular formula is C15H11BCl2O2. The summed E-state index contributed by atoms with van der Waals surface area (Å²) in [5.41, 5.74) is 3.90. The molecule has 0 radical (unpaired) electrons. The molecule has 0 amide bonds. The molecule has 1 aliphatic heterocycles. The highest BCUT2D eigenvalue weighted by Crippen LogP contribution is 2.23. The molecule has 0 unspecified atom stereocenters. The zero-order valence-corrected chi connectivity index (χ0v) is 12.0. The van der Waals surface area contributed by atoms with Gasteiger partial charge in [0.25, 0.3) is 0 Å². The molecule has 1 N–H and O–H groups in total. The van der Waals surface area contributed by atoms with Crippen LogP contribution < -0.4 is 5.46 Å². The van der Waals surface area contributed by atoms with Gasteiger partial charge in [0.15, 0.2) is 0 Å². The van der Waals surface area contributed by atoms with Gasteiger partial charge in [0.1, 0.15) is 0 Å². The highest BCUT2D eigenvalue weighted by Gasteiger charge is 2.26. The van der Waals surface area contributed by atoms with Gasteiger partial charge in [-0.25, -0.2) is 0 Å². The molecule has 0 saturated heterocycles. The number of halogens is 2. The van der Waals surface area contributed by atoms with Gasteiger partial charge < -0.3 is 9.68 Å². The fraction of sp³-hybridized carbons (Fsp3) is 0.0667. The van der Waals surface area contributed by atoms with Crippen LogP contribution in [0.2, 0.25) is 10.0 Å². The first-order chi connectivity index (χ1) is 9.63. The van der Waals surface area contributed by atoms with Crippen molar-refractivity contribution >= 4 is 47.9 Å². The van der Waals surface area contributed by atoms with E-state index in [1.807, 2.05) is 42.5 Å². The Hall–Kier alpha value is -1.26. The van der Waals surface area contributed by atoms with E-state index >= 15 is 0 Å². The van der Waals surface area contributed by atoms with Gasteiger partial charge in [-0.2, -0.15) is 0 Å². The molecule has 100 valence electrons. The fourth-order valence-corrected chi connectivity index (χ4v) is 2.47. The number of fused-ring (bicyclic) bond motifs is 1. The molecular weight excluding hydrogens is 294 g/mol. The highest BCUT2D eigenvalue weighted by atomic mass is 35.5. The summed E-state index contributed by atoms with van der Waals surface area (Å²) in [5, 5.41) is 10.7. The zero-order chi connectivity index (χ0) is 14.1. The van der Waals surface area contributed by atoms with Crippen LogP contribution in [0, 0.1) is 0 Å². The minimum atomic E-state index is -0.793. The minimum Gasteiger partial charge on any atom is -0.423 e. The topological polar surface area (TPSA) is 29.5 Å². The lowest BCUT2D eigenvalue weighted by Crippen LogP contribution is -2.27. The van der Waals surface area contributed by atoms with E-state index in [0.29, 0.717) is 16.7 Å². The van der Waals surface area contributed by atoms with Crippen molar-refractivity contribution in [3.63, 3.8) is 0 Å². The average Bonchev–Trinajstić information content (AvgIpc) is 2.81. The molecule has 0 aromatic heterocycles. The van der Waals surface area contributed by atoms with Gasteiger partial charge in [-0.15, -0.1) is 0 Å². The first-order valence-corrected chi connectivity index (χ1v) is 6.95. The van der Waals surface area contributed by atoms with Crippen molar-refractivity contribution in [2.45, 2.75) is 6.61 Å². The number of rotatable bonds is 2. The standard InChI is InChI=1S/C15H11BCl2O2/c17-14-6-4-11(8-15(14)18)2-1-10-3-5-13-12(7-10)9-20-16(13)19/h1-8,19H,9H2/b2-1+. The largest absolute Gasteiger partial charge is 0.491 e. The Bertz CT molecular complexity index is 686. The molecule has 0 fully saturated rings. The summed E-state index contributed by atoms with van der Waals surface area (Å²) in [6.07, 6.45) is 3.96. The van der Waals surface area contributed by atoms with Gasteiger partial charge in [0.2, 0.25) is 0 Å². The van der Waals surface area contributed by atoms with Crippen molar-refractivity contribution in [2.75, 3.05) is 0 Å². The summed E-state index contributed by atoms with van der Waals surface area (Å²) < 4.78 is 5.17. The van der Waals surface area contributed by atoms with Crippen LogP contribution >= 0.6 is 23.2 Å². The predicted octanol–water partition coefficient (Wildman–Crippen LogP) is 3.38. The lowest BCUT2D eigenvalue weighted by atomic mass is 9.79. The minimum absolute atomic E-state index is 0.449. The SMILES string of the molecule is OB1OCc2cc(/C=C/c3ccc(Cl)c(Cl)c3)ccc21. The van der Waals surface area contributed by atoms with Crippen LogP contribution in [0.15, 0.2) is 36.4 Å². The lowest BCUT2D eigenvalue weighted by molar-refractivity contribution is 0.275. The molecule has 0 spiro atoms. The molecule has 5 heteroatoms. The number of benzene rings is 2. The monoisotopic (exact) mass is 304 g/mol. The molecule has 0 bridgehead atoms. The fourth-order valence-electron chi connectivity index (χ4n) is 2.16. The van der Waals surface area contributed by atoms with Gasteiger partial charge in [0.05, 0.1) is 16.7 Å². The van der Waals surface area contributed by atoms with Crippen molar-refractivity contribution in [1.29, 1.82) is 0 Å². The first-order valence-electron chi connectivity index (χ1n) is 6.19. The van der Waals surface area contributed by atoms with Crippen molar-refractivity contribution in [3.05, 3.63) is 63.1 Å². The Labute approximate surface area is 127 Å². The van der Waals surface area contributed by atoms with Crippen LogP contribution in [-0.2, 0) is 11.3 Å². The normalized spacial score (nSPS) is 14.1. The van der Waals surface area contributed by atoms with Crippen molar-refractivity contribution in [2.24, 2.45) is 0 Å². The summed E-state index contributed by atoms with van der Waals surface area (Å²) in [5.74, 6) is 0. The number of hydrogen-bond donors (Lipinski definition) is 1. The lowest BCUT2D eigenvalue weighted by Gasteiger charge is -2.01. The Morgan fingerprint density at radius 2 is 1.70 bits per heavy atom. The summed E-state index contributed by atoms with van der Waals surface area (Å²) in [7, 11) is -0.793. The molecule has 1 aliphatic rings. The molecule has 0 atom stereocenters. The summed E-state index contributed by atoms with van der Waals surface area (Å²) >= 11 is 11.9. The van der Waals surface area contributed by atoms with Gasteiger partial charge in [-0.3, -0.25) is 0 Å². The predicted molar refractivity (Wildman–Crippen MR) is 84.2 cm³/mol. The molecule has 2 nitrogen and oxygen atoms in total.